The molecule has 1 fully saturated rings. The molecule has 28 heavy (non-hydrogen) atoms. The molecule has 0 bridgehead atoms. The van der Waals surface area contributed by atoms with Crippen LogP contribution in [0.25, 0.3) is 0 Å². The molecule has 7 nitrogen and oxygen atoms in total. The molecule has 0 aliphatic carbocycles. The number of halogens is 1. The quantitative estimate of drug-likeness (QED) is 0.829. The molecule has 0 unspecified atom stereocenters. The van der Waals surface area contributed by atoms with Crippen molar-refractivity contribution in [2.45, 2.75) is 6.92 Å². The van der Waals surface area contributed by atoms with Gasteiger partial charge in [-0.3, -0.25) is 9.59 Å². The highest BCUT2D eigenvalue weighted by molar-refractivity contribution is 6.31. The standard InChI is InChI=1S/C20H21ClN4O3/c1-13-2-7-16(12-17(13)21)23-20(28)25-10-8-24(9-11-25)19(27)15-5-3-14(4-6-15)18(22)26/h2-7,12H,8-11H2,1H3,(H2,22,26)(H,23,28). The van der Waals surface area contributed by atoms with E-state index in [2.05, 4.69) is 5.32 Å². The highest BCUT2D eigenvalue weighted by Crippen LogP contribution is 2.20. The Hall–Kier alpha value is -3.06. The molecule has 2 aromatic carbocycles. The Morgan fingerprint density at radius 2 is 1.50 bits per heavy atom. The zero-order valence-electron chi connectivity index (χ0n) is 15.4. The Balaban J connectivity index is 1.55. The number of aryl methyl sites for hydroxylation is 1. The lowest BCUT2D eigenvalue weighted by molar-refractivity contribution is 0.0671. The fraction of sp³-hybridized carbons (Fsp3) is 0.250. The molecule has 0 aromatic heterocycles. The van der Waals surface area contributed by atoms with Crippen LogP contribution in [0.5, 0.6) is 0 Å². The second-order valence-electron chi connectivity index (χ2n) is 6.61. The molecule has 1 saturated heterocycles. The van der Waals surface area contributed by atoms with Crippen molar-refractivity contribution in [1.29, 1.82) is 0 Å². The number of nitrogens with two attached hydrogens (primary N) is 1. The normalized spacial score (nSPS) is 13.9. The second-order valence-corrected chi connectivity index (χ2v) is 7.02. The van der Waals surface area contributed by atoms with Gasteiger partial charge in [0.2, 0.25) is 5.91 Å². The van der Waals surface area contributed by atoms with E-state index in [0.29, 0.717) is 48.0 Å². The summed E-state index contributed by atoms with van der Waals surface area (Å²) in [5.41, 5.74) is 7.62. The van der Waals surface area contributed by atoms with E-state index in [0.717, 1.165) is 5.56 Å². The van der Waals surface area contributed by atoms with Crippen molar-refractivity contribution in [1.82, 2.24) is 9.80 Å². The van der Waals surface area contributed by atoms with Gasteiger partial charge in [0.15, 0.2) is 0 Å². The molecule has 1 aliphatic heterocycles. The molecule has 1 heterocycles. The largest absolute Gasteiger partial charge is 0.366 e. The predicted molar refractivity (Wildman–Crippen MR) is 108 cm³/mol. The van der Waals surface area contributed by atoms with Crippen LogP contribution < -0.4 is 11.1 Å². The van der Waals surface area contributed by atoms with E-state index in [9.17, 15) is 14.4 Å². The summed E-state index contributed by atoms with van der Waals surface area (Å²) in [5, 5.41) is 3.42. The van der Waals surface area contributed by atoms with E-state index in [-0.39, 0.29) is 11.9 Å². The van der Waals surface area contributed by atoms with Crippen molar-refractivity contribution >= 4 is 35.1 Å². The lowest BCUT2D eigenvalue weighted by atomic mass is 10.1. The first-order valence-electron chi connectivity index (χ1n) is 8.86. The van der Waals surface area contributed by atoms with E-state index in [1.54, 1.807) is 34.1 Å². The van der Waals surface area contributed by atoms with E-state index >= 15 is 0 Å². The minimum absolute atomic E-state index is 0.138. The number of nitrogens with zero attached hydrogens (tertiary/aromatic N) is 2. The summed E-state index contributed by atoms with van der Waals surface area (Å²) in [5.74, 6) is -0.671. The molecule has 8 heteroatoms. The number of piperazine rings is 1. The maximum Gasteiger partial charge on any atom is 0.321 e. The summed E-state index contributed by atoms with van der Waals surface area (Å²) in [4.78, 5) is 39.5. The number of rotatable bonds is 3. The minimum Gasteiger partial charge on any atom is -0.366 e. The molecule has 0 atom stereocenters. The van der Waals surface area contributed by atoms with Gasteiger partial charge in [0.25, 0.3) is 5.91 Å². The van der Waals surface area contributed by atoms with Crippen LogP contribution in [0.1, 0.15) is 26.3 Å². The molecule has 3 rings (SSSR count). The van der Waals surface area contributed by atoms with Crippen molar-refractivity contribution < 1.29 is 14.4 Å². The molecule has 0 radical (unpaired) electrons. The number of hydrogen-bond donors (Lipinski definition) is 2. The molecular formula is C20H21ClN4O3. The highest BCUT2D eigenvalue weighted by atomic mass is 35.5. The molecule has 3 N–H and O–H groups in total. The average molecular weight is 401 g/mol. The number of benzene rings is 2. The van der Waals surface area contributed by atoms with Crippen LogP contribution in [-0.4, -0.2) is 53.8 Å². The molecular weight excluding hydrogens is 380 g/mol. The van der Waals surface area contributed by atoms with Gasteiger partial charge in [-0.1, -0.05) is 17.7 Å². The number of nitrogens with one attached hydrogen (secondary N) is 1. The Bertz CT molecular complexity index is 906. The maximum absolute atomic E-state index is 12.6. The van der Waals surface area contributed by atoms with Crippen molar-refractivity contribution in [3.8, 4) is 0 Å². The lowest BCUT2D eigenvalue weighted by Gasteiger charge is -2.34. The third-order valence-electron chi connectivity index (χ3n) is 4.69. The third-order valence-corrected chi connectivity index (χ3v) is 5.10. The summed E-state index contributed by atoms with van der Waals surface area (Å²) in [7, 11) is 0. The van der Waals surface area contributed by atoms with Crippen LogP contribution in [0.3, 0.4) is 0 Å². The van der Waals surface area contributed by atoms with Gasteiger partial charge < -0.3 is 20.9 Å². The van der Waals surface area contributed by atoms with Gasteiger partial charge in [-0.05, 0) is 48.9 Å². The first-order chi connectivity index (χ1) is 13.3. The lowest BCUT2D eigenvalue weighted by Crippen LogP contribution is -2.51. The molecule has 2 aromatic rings. The van der Waals surface area contributed by atoms with Crippen LogP contribution in [0.2, 0.25) is 5.02 Å². The van der Waals surface area contributed by atoms with E-state index in [1.807, 2.05) is 13.0 Å². The van der Waals surface area contributed by atoms with Crippen molar-refractivity contribution in [2.24, 2.45) is 5.73 Å². The minimum atomic E-state index is -0.534. The third kappa shape index (κ3) is 4.43. The van der Waals surface area contributed by atoms with Crippen LogP contribution in [-0.2, 0) is 0 Å². The average Bonchev–Trinajstić information content (AvgIpc) is 2.70. The molecule has 1 aliphatic rings. The van der Waals surface area contributed by atoms with Gasteiger partial charge in [0.05, 0.1) is 0 Å². The van der Waals surface area contributed by atoms with Crippen LogP contribution in [0.15, 0.2) is 42.5 Å². The van der Waals surface area contributed by atoms with Crippen LogP contribution in [0.4, 0.5) is 10.5 Å². The van der Waals surface area contributed by atoms with Crippen LogP contribution >= 0.6 is 11.6 Å². The fourth-order valence-electron chi connectivity index (χ4n) is 2.95. The summed E-state index contributed by atoms with van der Waals surface area (Å²) in [6.07, 6.45) is 0. The topological polar surface area (TPSA) is 95.7 Å². The SMILES string of the molecule is Cc1ccc(NC(=O)N2CCN(C(=O)c3ccc(C(N)=O)cc3)CC2)cc1Cl. The molecule has 0 saturated carbocycles. The smallest absolute Gasteiger partial charge is 0.321 e. The number of primary amides is 1. The Kier molecular flexibility index (Phi) is 5.84. The number of carbonyl (C=O) groups excluding carboxylic acids is 3. The predicted octanol–water partition coefficient (Wildman–Crippen LogP) is 2.74. The van der Waals surface area contributed by atoms with Gasteiger partial charge in [-0.15, -0.1) is 0 Å². The number of urea groups is 1. The van der Waals surface area contributed by atoms with Crippen LogP contribution in [0, 0.1) is 6.92 Å². The Morgan fingerprint density at radius 3 is 2.07 bits per heavy atom. The molecule has 0 spiro atoms. The van der Waals surface area contributed by atoms with Gasteiger partial charge in [-0.2, -0.15) is 0 Å². The number of carbonyl (C=O) groups is 3. The van der Waals surface area contributed by atoms with E-state index in [1.165, 1.54) is 12.1 Å². The summed E-state index contributed by atoms with van der Waals surface area (Å²) in [6.45, 7) is 3.61. The monoisotopic (exact) mass is 400 g/mol. The zero-order chi connectivity index (χ0) is 20.3. The first kappa shape index (κ1) is 19.7. The zero-order valence-corrected chi connectivity index (χ0v) is 16.2. The maximum atomic E-state index is 12.6. The van der Waals surface area contributed by atoms with Crippen molar-refractivity contribution in [2.75, 3.05) is 31.5 Å². The van der Waals surface area contributed by atoms with E-state index < -0.39 is 5.91 Å². The second kappa shape index (κ2) is 8.31. The van der Waals surface area contributed by atoms with Crippen molar-refractivity contribution in [3.63, 3.8) is 0 Å². The number of anilines is 1. The first-order valence-corrected chi connectivity index (χ1v) is 9.24. The number of amides is 4. The summed E-state index contributed by atoms with van der Waals surface area (Å²) < 4.78 is 0. The van der Waals surface area contributed by atoms with Gasteiger partial charge in [0, 0.05) is 48.0 Å². The molecule has 4 amide bonds. The number of hydrogen-bond acceptors (Lipinski definition) is 3. The van der Waals surface area contributed by atoms with Gasteiger partial charge >= 0.3 is 6.03 Å². The summed E-state index contributed by atoms with van der Waals surface area (Å²) >= 11 is 6.09. The van der Waals surface area contributed by atoms with Crippen molar-refractivity contribution in [3.05, 3.63) is 64.2 Å². The fourth-order valence-corrected chi connectivity index (χ4v) is 3.13. The Morgan fingerprint density at radius 1 is 0.929 bits per heavy atom. The van der Waals surface area contributed by atoms with Gasteiger partial charge in [-0.25, -0.2) is 4.79 Å². The molecule has 146 valence electrons. The van der Waals surface area contributed by atoms with Gasteiger partial charge in [0.1, 0.15) is 0 Å². The van der Waals surface area contributed by atoms with E-state index in [4.69, 9.17) is 17.3 Å². The Labute approximate surface area is 168 Å². The summed E-state index contributed by atoms with van der Waals surface area (Å²) in [6, 6.07) is 11.4. The highest BCUT2D eigenvalue weighted by Gasteiger charge is 2.25.